The van der Waals surface area contributed by atoms with Crippen molar-refractivity contribution in [3.05, 3.63) is 54.1 Å². The first-order valence-corrected chi connectivity index (χ1v) is 7.85. The minimum absolute atomic E-state index is 0.0940. The summed E-state index contributed by atoms with van der Waals surface area (Å²) < 4.78 is 5.13. The van der Waals surface area contributed by atoms with Crippen LogP contribution in [0.25, 0.3) is 0 Å². The lowest BCUT2D eigenvalue weighted by Gasteiger charge is -2.40. The van der Waals surface area contributed by atoms with Gasteiger partial charge in [-0.15, -0.1) is 0 Å². The monoisotopic (exact) mass is 316 g/mol. The first-order chi connectivity index (χ1) is 10.7. The van der Waals surface area contributed by atoms with Gasteiger partial charge in [0.25, 0.3) is 0 Å². The predicted molar refractivity (Wildman–Crippen MR) is 93.6 cm³/mol. The van der Waals surface area contributed by atoms with Crippen LogP contribution in [0.4, 0.5) is 11.4 Å². The molecule has 2 aromatic rings. The van der Waals surface area contributed by atoms with Crippen LogP contribution in [0.2, 0.25) is 0 Å². The van der Waals surface area contributed by atoms with Crippen LogP contribution in [-0.2, 0) is 4.79 Å². The van der Waals surface area contributed by atoms with Gasteiger partial charge >= 0.3 is 0 Å². The summed E-state index contributed by atoms with van der Waals surface area (Å²) in [5, 5.41) is 0. The number of carbonyl (C=O) groups excluding carboxylic acids is 1. The highest BCUT2D eigenvalue weighted by Gasteiger charge is 2.38. The van der Waals surface area contributed by atoms with Crippen LogP contribution in [0.5, 0.6) is 5.75 Å². The van der Waals surface area contributed by atoms with Crippen molar-refractivity contribution in [2.75, 3.05) is 24.0 Å². The number of nitrogen functional groups attached to an aromatic ring is 1. The van der Waals surface area contributed by atoms with Crippen molar-refractivity contribution in [1.29, 1.82) is 0 Å². The Bertz CT molecular complexity index is 626. The number of hydrogen-bond donors (Lipinski definition) is 2. The molecule has 1 saturated heterocycles. The molecule has 1 aliphatic heterocycles. The fourth-order valence-electron chi connectivity index (χ4n) is 2.47. The second-order valence-corrected chi connectivity index (χ2v) is 4.85. The molecule has 0 bridgehead atoms. The van der Waals surface area contributed by atoms with Crippen LogP contribution in [-0.4, -0.2) is 19.3 Å². The van der Waals surface area contributed by atoms with E-state index in [0.717, 1.165) is 22.7 Å². The molecule has 1 heterocycles. The summed E-state index contributed by atoms with van der Waals surface area (Å²) in [7, 11) is 1.63. The Labute approximate surface area is 136 Å². The molecule has 0 aliphatic carbocycles. The lowest BCUT2D eigenvalue weighted by Crippen LogP contribution is -2.46. The topological polar surface area (TPSA) is 55.6 Å². The summed E-state index contributed by atoms with van der Waals surface area (Å²) in [5.41, 5.74) is 8.43. The van der Waals surface area contributed by atoms with Crippen molar-refractivity contribution in [3.63, 3.8) is 0 Å². The molecule has 2 aromatic carbocycles. The number of carbonyl (C=O) groups is 1. The lowest BCUT2D eigenvalue weighted by atomic mass is 9.93. The molecule has 1 amide bonds. The van der Waals surface area contributed by atoms with Crippen LogP contribution in [0, 0.1) is 0 Å². The molecule has 1 fully saturated rings. The molecule has 0 saturated carbocycles. The smallest absolute Gasteiger partial charge is 0.230 e. The van der Waals surface area contributed by atoms with Crippen molar-refractivity contribution in [3.8, 4) is 5.75 Å². The van der Waals surface area contributed by atoms with E-state index in [2.05, 4.69) is 12.6 Å². The summed E-state index contributed by atoms with van der Waals surface area (Å²) >= 11 is 3.53. The number of amides is 1. The summed E-state index contributed by atoms with van der Waals surface area (Å²) in [6.07, 6.45) is 2.23. The van der Waals surface area contributed by atoms with Gasteiger partial charge in [0, 0.05) is 11.4 Å². The number of methoxy groups -OCH3 is 1. The molecule has 4 nitrogen and oxygen atoms in total. The first kappa shape index (κ1) is 16.2. The van der Waals surface area contributed by atoms with Crippen LogP contribution in [0.3, 0.4) is 0 Å². The quantitative estimate of drug-likeness (QED) is 0.519. The molecule has 116 valence electrons. The van der Waals surface area contributed by atoms with Gasteiger partial charge in [0.1, 0.15) is 5.75 Å². The average Bonchev–Trinajstić information content (AvgIpc) is 2.56. The Hall–Kier alpha value is -2.14. The molecule has 1 aliphatic rings. The van der Waals surface area contributed by atoms with E-state index in [0.29, 0.717) is 6.42 Å². The molecule has 22 heavy (non-hydrogen) atoms. The SMILES string of the molecule is COc1ccc(N2C(=O)C[C@H]2c2ccc(N)cc2)cc1.CS. The lowest BCUT2D eigenvalue weighted by molar-refractivity contribution is -0.124. The summed E-state index contributed by atoms with van der Waals surface area (Å²) in [5.74, 6) is 0.919. The largest absolute Gasteiger partial charge is 0.497 e. The number of anilines is 2. The van der Waals surface area contributed by atoms with E-state index in [4.69, 9.17) is 10.5 Å². The third-order valence-electron chi connectivity index (χ3n) is 3.62. The average molecular weight is 316 g/mol. The maximum atomic E-state index is 11.9. The molecule has 0 spiro atoms. The van der Waals surface area contributed by atoms with Crippen LogP contribution in [0.15, 0.2) is 48.5 Å². The number of benzene rings is 2. The fourth-order valence-corrected chi connectivity index (χ4v) is 2.47. The van der Waals surface area contributed by atoms with Crippen molar-refractivity contribution in [1.82, 2.24) is 0 Å². The molecule has 3 rings (SSSR count). The van der Waals surface area contributed by atoms with E-state index in [1.807, 2.05) is 53.4 Å². The molecule has 0 aromatic heterocycles. The van der Waals surface area contributed by atoms with Gasteiger partial charge < -0.3 is 15.4 Å². The molecular formula is C17H20N2O2S. The van der Waals surface area contributed by atoms with E-state index < -0.39 is 0 Å². The highest BCUT2D eigenvalue weighted by Crippen LogP contribution is 2.39. The van der Waals surface area contributed by atoms with Gasteiger partial charge in [0.2, 0.25) is 5.91 Å². The molecular weight excluding hydrogens is 296 g/mol. The van der Waals surface area contributed by atoms with E-state index in [9.17, 15) is 4.79 Å². The van der Waals surface area contributed by atoms with Crippen molar-refractivity contribution < 1.29 is 9.53 Å². The van der Waals surface area contributed by atoms with Gasteiger partial charge in [-0.25, -0.2) is 0 Å². The second kappa shape index (κ2) is 7.22. The fraction of sp³-hybridized carbons (Fsp3) is 0.235. The summed E-state index contributed by atoms with van der Waals surface area (Å²) in [4.78, 5) is 13.7. The number of β-lactam (4-membered cyclic amide) rings is 1. The second-order valence-electron chi connectivity index (χ2n) is 4.85. The molecule has 2 N–H and O–H groups in total. The number of nitrogens with two attached hydrogens (primary N) is 1. The highest BCUT2D eigenvalue weighted by atomic mass is 32.1. The number of thiol groups is 1. The minimum Gasteiger partial charge on any atom is -0.497 e. The van der Waals surface area contributed by atoms with Gasteiger partial charge in [-0.05, 0) is 48.2 Å². The molecule has 1 atom stereocenters. The van der Waals surface area contributed by atoms with E-state index in [-0.39, 0.29) is 11.9 Å². The zero-order chi connectivity index (χ0) is 16.1. The standard InChI is InChI=1S/C16H16N2O2.CH4S/c1-20-14-8-6-13(7-9-14)18-15(10-16(18)19)11-2-4-12(17)5-3-11;1-2/h2-9,15H,10,17H2,1H3;2H,1H3/t15-;/m0./s1. The van der Waals surface area contributed by atoms with Crippen molar-refractivity contribution >= 4 is 29.9 Å². The first-order valence-electron chi connectivity index (χ1n) is 6.95. The number of ether oxygens (including phenoxy) is 1. The summed E-state index contributed by atoms with van der Waals surface area (Å²) in [6, 6.07) is 15.3. The third-order valence-corrected chi connectivity index (χ3v) is 3.62. The zero-order valence-electron chi connectivity index (χ0n) is 12.7. The van der Waals surface area contributed by atoms with Crippen molar-refractivity contribution in [2.45, 2.75) is 12.5 Å². The maximum absolute atomic E-state index is 11.9. The predicted octanol–water partition coefficient (Wildman–Crippen LogP) is 3.30. The van der Waals surface area contributed by atoms with Gasteiger partial charge in [-0.3, -0.25) is 4.79 Å². The number of rotatable bonds is 3. The number of hydrogen-bond acceptors (Lipinski definition) is 4. The van der Waals surface area contributed by atoms with Crippen LogP contribution < -0.4 is 15.4 Å². The minimum atomic E-state index is 0.0940. The molecule has 0 unspecified atom stereocenters. The Kier molecular flexibility index (Phi) is 5.33. The molecule has 0 radical (unpaired) electrons. The number of nitrogens with zero attached hydrogens (tertiary/aromatic N) is 1. The normalized spacial score (nSPS) is 16.4. The van der Waals surface area contributed by atoms with E-state index >= 15 is 0 Å². The van der Waals surface area contributed by atoms with E-state index in [1.165, 1.54) is 0 Å². The zero-order valence-corrected chi connectivity index (χ0v) is 13.6. The highest BCUT2D eigenvalue weighted by molar-refractivity contribution is 7.79. The van der Waals surface area contributed by atoms with Gasteiger partial charge in [-0.1, -0.05) is 12.1 Å². The Morgan fingerprint density at radius 1 is 1.09 bits per heavy atom. The summed E-state index contributed by atoms with van der Waals surface area (Å²) in [6.45, 7) is 0. The van der Waals surface area contributed by atoms with Crippen LogP contribution in [0.1, 0.15) is 18.0 Å². The Morgan fingerprint density at radius 3 is 2.18 bits per heavy atom. The van der Waals surface area contributed by atoms with Crippen LogP contribution >= 0.6 is 12.6 Å². The third kappa shape index (κ3) is 3.20. The molecule has 5 heteroatoms. The van der Waals surface area contributed by atoms with Gasteiger partial charge in [0.05, 0.1) is 19.6 Å². The van der Waals surface area contributed by atoms with Crippen molar-refractivity contribution in [2.24, 2.45) is 0 Å². The Balaban J connectivity index is 0.000000847. The van der Waals surface area contributed by atoms with Gasteiger partial charge in [-0.2, -0.15) is 12.6 Å². The van der Waals surface area contributed by atoms with E-state index in [1.54, 1.807) is 13.4 Å². The maximum Gasteiger partial charge on any atom is 0.230 e. The van der Waals surface area contributed by atoms with Gasteiger partial charge in [0.15, 0.2) is 0 Å². The Morgan fingerprint density at radius 2 is 1.68 bits per heavy atom.